The van der Waals surface area contributed by atoms with E-state index in [2.05, 4.69) is 25.6 Å². The largest absolute Gasteiger partial charge is 0.269 e. The summed E-state index contributed by atoms with van der Waals surface area (Å²) in [6.45, 7) is 2.02. The van der Waals surface area contributed by atoms with E-state index in [9.17, 15) is 4.79 Å². The summed E-state index contributed by atoms with van der Waals surface area (Å²) < 4.78 is 1.51. The summed E-state index contributed by atoms with van der Waals surface area (Å²) in [4.78, 5) is 16.6. The van der Waals surface area contributed by atoms with Crippen LogP contribution in [0.25, 0.3) is 17.0 Å². The SMILES string of the molecule is CCc1cccn2c(=O)c(-c3nnn[nH]3)cnc12. The van der Waals surface area contributed by atoms with Crippen LogP contribution in [0.1, 0.15) is 12.5 Å². The van der Waals surface area contributed by atoms with Crippen molar-refractivity contribution in [1.82, 2.24) is 30.0 Å². The molecule has 90 valence electrons. The van der Waals surface area contributed by atoms with Crippen molar-refractivity contribution in [1.29, 1.82) is 0 Å². The van der Waals surface area contributed by atoms with E-state index in [4.69, 9.17) is 0 Å². The summed E-state index contributed by atoms with van der Waals surface area (Å²) in [5, 5.41) is 13.2. The van der Waals surface area contributed by atoms with Crippen LogP contribution in [0.5, 0.6) is 0 Å². The van der Waals surface area contributed by atoms with Crippen molar-refractivity contribution >= 4 is 5.65 Å². The van der Waals surface area contributed by atoms with Gasteiger partial charge in [-0.15, -0.1) is 5.10 Å². The number of nitrogens with one attached hydrogen (secondary N) is 1. The number of pyridine rings is 1. The van der Waals surface area contributed by atoms with E-state index in [1.165, 1.54) is 10.6 Å². The Kier molecular flexibility index (Phi) is 2.36. The quantitative estimate of drug-likeness (QED) is 0.704. The molecule has 7 heteroatoms. The highest BCUT2D eigenvalue weighted by Gasteiger charge is 2.11. The first-order chi connectivity index (χ1) is 8.81. The van der Waals surface area contributed by atoms with Gasteiger partial charge in [-0.3, -0.25) is 9.20 Å². The Morgan fingerprint density at radius 2 is 2.33 bits per heavy atom. The summed E-state index contributed by atoms with van der Waals surface area (Å²) in [5.74, 6) is 0.323. The maximum absolute atomic E-state index is 12.3. The molecule has 0 aliphatic rings. The number of hydrogen-bond donors (Lipinski definition) is 1. The van der Waals surface area contributed by atoms with Crippen LogP contribution in [0.3, 0.4) is 0 Å². The van der Waals surface area contributed by atoms with Gasteiger partial charge < -0.3 is 0 Å². The van der Waals surface area contributed by atoms with Gasteiger partial charge in [-0.25, -0.2) is 10.1 Å². The molecule has 0 radical (unpaired) electrons. The number of fused-ring (bicyclic) bond motifs is 1. The highest BCUT2D eigenvalue weighted by molar-refractivity contribution is 5.56. The van der Waals surface area contributed by atoms with Crippen LogP contribution in [-0.2, 0) is 6.42 Å². The van der Waals surface area contributed by atoms with Gasteiger partial charge in [0.25, 0.3) is 5.56 Å². The van der Waals surface area contributed by atoms with Crippen molar-refractivity contribution in [2.75, 3.05) is 0 Å². The molecule has 0 saturated heterocycles. The number of aromatic amines is 1. The van der Waals surface area contributed by atoms with Gasteiger partial charge in [-0.05, 0) is 28.5 Å². The van der Waals surface area contributed by atoms with E-state index in [0.29, 0.717) is 17.0 Å². The Hall–Kier alpha value is -2.57. The second-order valence-electron chi connectivity index (χ2n) is 3.81. The van der Waals surface area contributed by atoms with Gasteiger partial charge in [-0.1, -0.05) is 13.0 Å². The van der Waals surface area contributed by atoms with Gasteiger partial charge in [0.05, 0.1) is 0 Å². The summed E-state index contributed by atoms with van der Waals surface area (Å²) in [5.41, 5.74) is 1.86. The Bertz CT molecular complexity index is 746. The number of H-pyrrole nitrogens is 1. The number of hydrogen-bond acceptors (Lipinski definition) is 5. The van der Waals surface area contributed by atoms with Crippen molar-refractivity contribution < 1.29 is 0 Å². The Balaban J connectivity index is 2.34. The molecule has 3 heterocycles. The fraction of sp³-hybridized carbons (Fsp3) is 0.182. The van der Waals surface area contributed by atoms with Crippen molar-refractivity contribution in [3.05, 3.63) is 40.4 Å². The zero-order valence-electron chi connectivity index (χ0n) is 9.66. The fourth-order valence-electron chi connectivity index (χ4n) is 1.88. The highest BCUT2D eigenvalue weighted by Crippen LogP contribution is 2.11. The molecule has 0 aliphatic carbocycles. The first kappa shape index (κ1) is 10.6. The molecule has 0 spiro atoms. The van der Waals surface area contributed by atoms with Crippen LogP contribution >= 0.6 is 0 Å². The van der Waals surface area contributed by atoms with E-state index in [-0.39, 0.29) is 5.56 Å². The zero-order chi connectivity index (χ0) is 12.5. The van der Waals surface area contributed by atoms with Crippen LogP contribution < -0.4 is 5.56 Å². The standard InChI is InChI=1S/C11H10N6O/c1-2-7-4-3-5-17-10(7)12-6-8(11(17)18)9-13-15-16-14-9/h3-6H,2H2,1H3,(H,13,14,15,16). The summed E-state index contributed by atoms with van der Waals surface area (Å²) in [6, 6.07) is 3.79. The second-order valence-corrected chi connectivity index (χ2v) is 3.81. The van der Waals surface area contributed by atoms with Crippen molar-refractivity contribution in [2.45, 2.75) is 13.3 Å². The van der Waals surface area contributed by atoms with Crippen molar-refractivity contribution in [3.8, 4) is 11.4 Å². The van der Waals surface area contributed by atoms with Gasteiger partial charge in [-0.2, -0.15) is 0 Å². The van der Waals surface area contributed by atoms with E-state index >= 15 is 0 Å². The number of aryl methyl sites for hydroxylation is 1. The molecule has 18 heavy (non-hydrogen) atoms. The van der Waals surface area contributed by atoms with Crippen molar-refractivity contribution in [2.24, 2.45) is 0 Å². The minimum Gasteiger partial charge on any atom is -0.268 e. The van der Waals surface area contributed by atoms with Gasteiger partial charge in [0.1, 0.15) is 11.2 Å². The smallest absolute Gasteiger partial charge is 0.268 e. The molecular weight excluding hydrogens is 232 g/mol. The van der Waals surface area contributed by atoms with E-state index in [1.54, 1.807) is 6.20 Å². The van der Waals surface area contributed by atoms with E-state index in [0.717, 1.165) is 12.0 Å². The molecule has 0 aliphatic heterocycles. The van der Waals surface area contributed by atoms with Crippen LogP contribution in [0.2, 0.25) is 0 Å². The molecular formula is C11H10N6O. The molecule has 0 fully saturated rings. The number of rotatable bonds is 2. The lowest BCUT2D eigenvalue weighted by molar-refractivity contribution is 0.881. The van der Waals surface area contributed by atoms with Gasteiger partial charge >= 0.3 is 0 Å². The second kappa shape index (κ2) is 4.02. The molecule has 0 bridgehead atoms. The Labute approximate surface area is 102 Å². The third-order valence-electron chi connectivity index (χ3n) is 2.79. The molecule has 0 saturated carbocycles. The Morgan fingerprint density at radius 3 is 3.06 bits per heavy atom. The lowest BCUT2D eigenvalue weighted by Crippen LogP contribution is -2.18. The monoisotopic (exact) mass is 242 g/mol. The van der Waals surface area contributed by atoms with E-state index in [1.807, 2.05) is 19.1 Å². The molecule has 0 unspecified atom stereocenters. The highest BCUT2D eigenvalue weighted by atomic mass is 16.1. The van der Waals surface area contributed by atoms with Crippen LogP contribution in [-0.4, -0.2) is 30.0 Å². The summed E-state index contributed by atoms with van der Waals surface area (Å²) >= 11 is 0. The molecule has 7 nitrogen and oxygen atoms in total. The van der Waals surface area contributed by atoms with Gasteiger partial charge in [0.2, 0.25) is 0 Å². The Morgan fingerprint density at radius 1 is 1.44 bits per heavy atom. The van der Waals surface area contributed by atoms with Gasteiger partial charge in [0, 0.05) is 12.4 Å². The average molecular weight is 242 g/mol. The summed E-state index contributed by atoms with van der Waals surface area (Å²) in [7, 11) is 0. The molecule has 0 amide bonds. The normalized spacial score (nSPS) is 10.9. The van der Waals surface area contributed by atoms with Crippen LogP contribution in [0, 0.1) is 0 Å². The number of nitrogens with zero attached hydrogens (tertiary/aromatic N) is 5. The molecule has 0 atom stereocenters. The lowest BCUT2D eigenvalue weighted by Gasteiger charge is -2.05. The topological polar surface area (TPSA) is 88.8 Å². The van der Waals surface area contributed by atoms with Crippen LogP contribution in [0.15, 0.2) is 29.3 Å². The maximum Gasteiger partial charge on any atom is 0.269 e. The maximum atomic E-state index is 12.3. The molecule has 3 aromatic heterocycles. The van der Waals surface area contributed by atoms with Crippen LogP contribution in [0.4, 0.5) is 0 Å². The predicted octanol–water partition coefficient (Wildman–Crippen LogP) is 0.437. The van der Waals surface area contributed by atoms with E-state index < -0.39 is 0 Å². The number of aromatic nitrogens is 6. The zero-order valence-corrected chi connectivity index (χ0v) is 9.66. The lowest BCUT2D eigenvalue weighted by atomic mass is 10.2. The number of tetrazole rings is 1. The minimum absolute atomic E-state index is 0.186. The molecule has 0 aromatic carbocycles. The third kappa shape index (κ3) is 1.48. The first-order valence-corrected chi connectivity index (χ1v) is 5.54. The summed E-state index contributed by atoms with van der Waals surface area (Å²) in [6.07, 6.45) is 4.01. The molecule has 3 aromatic rings. The molecule has 3 rings (SSSR count). The third-order valence-corrected chi connectivity index (χ3v) is 2.79. The van der Waals surface area contributed by atoms with Crippen molar-refractivity contribution in [3.63, 3.8) is 0 Å². The first-order valence-electron chi connectivity index (χ1n) is 5.54. The van der Waals surface area contributed by atoms with Gasteiger partial charge in [0.15, 0.2) is 5.82 Å². The fourth-order valence-corrected chi connectivity index (χ4v) is 1.88. The molecule has 1 N–H and O–H groups in total. The minimum atomic E-state index is -0.186. The average Bonchev–Trinajstić information content (AvgIpc) is 2.92. The predicted molar refractivity (Wildman–Crippen MR) is 64.0 cm³/mol.